The molecular weight excluding hydrogens is 562 g/mol. The molecule has 3 unspecified atom stereocenters. The highest BCUT2D eigenvalue weighted by Crippen LogP contribution is 2.69. The molecule has 242 valence electrons. The fourth-order valence-electron chi connectivity index (χ4n) is 10.7. The van der Waals surface area contributed by atoms with Gasteiger partial charge in [-0.15, -0.1) is 0 Å². The number of amides is 2. The highest BCUT2D eigenvalue weighted by atomic mass is 32.2. The number of sulfonamides is 1. The summed E-state index contributed by atoms with van der Waals surface area (Å²) >= 11 is 0. The number of anilines is 1. The van der Waals surface area contributed by atoms with E-state index in [1.54, 1.807) is 12.1 Å². The van der Waals surface area contributed by atoms with E-state index in [1.807, 2.05) is 25.1 Å². The van der Waals surface area contributed by atoms with Gasteiger partial charge in [-0.05, 0) is 122 Å². The maximum Gasteiger partial charge on any atom is 0.328 e. The van der Waals surface area contributed by atoms with Crippen LogP contribution in [0, 0.1) is 52.3 Å². The highest BCUT2D eigenvalue weighted by Gasteiger charge is 2.64. The van der Waals surface area contributed by atoms with E-state index in [0.717, 1.165) is 57.1 Å². The number of rotatable bonds is 8. The third-order valence-corrected chi connectivity index (χ3v) is 14.2. The Hall–Kier alpha value is -1.84. The molecule has 43 heavy (non-hydrogen) atoms. The number of carbonyl (C=O) groups excluding carboxylic acids is 1. The molecule has 4 fully saturated rings. The molecule has 4 aliphatic carbocycles. The number of benzene rings is 1. The number of urea groups is 1. The number of nitrogens with one attached hydrogen (secondary N) is 2. The van der Waals surface area contributed by atoms with Gasteiger partial charge in [-0.2, -0.15) is 0 Å². The average Bonchev–Trinajstić information content (AvgIpc) is 3.31. The van der Waals surface area contributed by atoms with Gasteiger partial charge >= 0.3 is 6.03 Å². The molecule has 9 heteroatoms. The maximum atomic E-state index is 12.8. The summed E-state index contributed by atoms with van der Waals surface area (Å²) in [5.41, 5.74) is 1.09. The van der Waals surface area contributed by atoms with Crippen LogP contribution < -0.4 is 14.9 Å². The molecule has 0 spiro atoms. The topological polar surface area (TPSA) is 119 Å². The first-order chi connectivity index (χ1) is 20.2. The van der Waals surface area contributed by atoms with Crippen LogP contribution in [-0.2, 0) is 10.0 Å². The third kappa shape index (κ3) is 5.83. The summed E-state index contributed by atoms with van der Waals surface area (Å²) in [6.45, 7) is 9.84. The molecule has 0 radical (unpaired) electrons. The Morgan fingerprint density at radius 2 is 1.74 bits per heavy atom. The van der Waals surface area contributed by atoms with Crippen LogP contribution in [0.3, 0.4) is 0 Å². The minimum atomic E-state index is -3.97. The lowest BCUT2D eigenvalue weighted by molar-refractivity contribution is -0.203. The standard InChI is InChI=1S/C34H55N3O5S/c1-7-25-29-20-23(38)13-16-34(29,4)28-14-17-33(3)26(11-12-27(33)30(28)31(25)39)21(2)15-18-35-32(40)36-43(41,42)24-10-8-9-22(19-24)37(5)6/h8-10,19,21,23,25-31,38-39H,7,11-18,20H2,1-6H3,(H2,35,36,40)/t21-,23-,25-,26-,27+,28+,29+,30?,31-,33?,34?/m1/s1. The first kappa shape index (κ1) is 32.6. The summed E-state index contributed by atoms with van der Waals surface area (Å²) in [6, 6.07) is 5.82. The molecule has 4 saturated carbocycles. The summed E-state index contributed by atoms with van der Waals surface area (Å²) < 4.78 is 27.8. The van der Waals surface area contributed by atoms with E-state index in [4.69, 9.17) is 0 Å². The Kier molecular flexibility index (Phi) is 9.21. The first-order valence-electron chi connectivity index (χ1n) is 16.7. The van der Waals surface area contributed by atoms with Crippen molar-refractivity contribution >= 4 is 21.7 Å². The number of nitrogens with zero attached hydrogens (tertiary/aromatic N) is 1. The van der Waals surface area contributed by atoms with Gasteiger partial charge in [0.1, 0.15) is 0 Å². The second-order valence-corrected chi connectivity index (χ2v) is 16.8. The van der Waals surface area contributed by atoms with Crippen LogP contribution >= 0.6 is 0 Å². The van der Waals surface area contributed by atoms with Gasteiger partial charge in [0.25, 0.3) is 10.0 Å². The number of hydrogen-bond acceptors (Lipinski definition) is 6. The first-order valence-corrected chi connectivity index (χ1v) is 18.2. The molecule has 8 nitrogen and oxygen atoms in total. The molecule has 0 aromatic heterocycles. The van der Waals surface area contributed by atoms with E-state index in [1.165, 1.54) is 12.5 Å². The van der Waals surface area contributed by atoms with E-state index in [9.17, 15) is 23.4 Å². The fraction of sp³-hybridized carbons (Fsp3) is 0.794. The summed E-state index contributed by atoms with van der Waals surface area (Å²) in [5, 5.41) is 25.3. The van der Waals surface area contributed by atoms with Crippen molar-refractivity contribution in [3.05, 3.63) is 24.3 Å². The quantitative estimate of drug-likeness (QED) is 0.311. The van der Waals surface area contributed by atoms with Crippen molar-refractivity contribution in [2.75, 3.05) is 25.5 Å². The summed E-state index contributed by atoms with van der Waals surface area (Å²) in [7, 11) is -0.301. The predicted octanol–water partition coefficient (Wildman–Crippen LogP) is 5.39. The van der Waals surface area contributed by atoms with Gasteiger partial charge in [0, 0.05) is 26.3 Å². The van der Waals surface area contributed by atoms with Gasteiger partial charge in [-0.1, -0.05) is 40.2 Å². The molecule has 5 rings (SSSR count). The number of aliphatic hydroxyl groups is 2. The smallest absolute Gasteiger partial charge is 0.328 e. The van der Waals surface area contributed by atoms with Crippen molar-refractivity contribution in [3.63, 3.8) is 0 Å². The lowest BCUT2D eigenvalue weighted by Crippen LogP contribution is -2.62. The fourth-order valence-corrected chi connectivity index (χ4v) is 11.7. The lowest BCUT2D eigenvalue weighted by Gasteiger charge is -2.64. The molecule has 11 atom stereocenters. The van der Waals surface area contributed by atoms with E-state index >= 15 is 0 Å². The Labute approximate surface area is 259 Å². The number of fused-ring (bicyclic) bond motifs is 5. The average molecular weight is 618 g/mol. The van der Waals surface area contributed by atoms with Crippen LogP contribution in [0.15, 0.2) is 29.2 Å². The largest absolute Gasteiger partial charge is 0.393 e. The molecule has 1 aromatic carbocycles. The number of hydrogen-bond donors (Lipinski definition) is 4. The van der Waals surface area contributed by atoms with E-state index < -0.39 is 16.1 Å². The maximum absolute atomic E-state index is 12.8. The molecule has 0 saturated heterocycles. The third-order valence-electron chi connectivity index (χ3n) is 12.9. The Morgan fingerprint density at radius 3 is 2.44 bits per heavy atom. The summed E-state index contributed by atoms with van der Waals surface area (Å²) in [4.78, 5) is 14.5. The number of carbonyl (C=O) groups is 1. The second-order valence-electron chi connectivity index (χ2n) is 15.1. The zero-order valence-corrected chi connectivity index (χ0v) is 27.9. The monoisotopic (exact) mass is 617 g/mol. The Morgan fingerprint density at radius 1 is 1.05 bits per heavy atom. The lowest BCUT2D eigenvalue weighted by atomic mass is 9.41. The van der Waals surface area contributed by atoms with Crippen LogP contribution in [0.5, 0.6) is 0 Å². The Bertz CT molecular complexity index is 1270. The molecule has 2 amide bonds. The van der Waals surface area contributed by atoms with Gasteiger partial charge in [0.2, 0.25) is 0 Å². The van der Waals surface area contributed by atoms with Crippen LogP contribution in [0.1, 0.15) is 85.5 Å². The second kappa shape index (κ2) is 12.2. The van der Waals surface area contributed by atoms with Crippen molar-refractivity contribution in [1.82, 2.24) is 10.0 Å². The minimum absolute atomic E-state index is 0.0579. The van der Waals surface area contributed by atoms with Gasteiger partial charge < -0.3 is 20.4 Å². The van der Waals surface area contributed by atoms with Gasteiger partial charge in [0.05, 0.1) is 17.1 Å². The minimum Gasteiger partial charge on any atom is -0.393 e. The summed E-state index contributed by atoms with van der Waals surface area (Å²) in [6.07, 6.45) is 8.58. The van der Waals surface area contributed by atoms with Crippen LogP contribution in [-0.4, -0.2) is 57.5 Å². The normalized spacial score (nSPS) is 39.6. The van der Waals surface area contributed by atoms with Crippen molar-refractivity contribution in [1.29, 1.82) is 0 Å². The van der Waals surface area contributed by atoms with Gasteiger partial charge in [-0.3, -0.25) is 0 Å². The highest BCUT2D eigenvalue weighted by molar-refractivity contribution is 7.90. The van der Waals surface area contributed by atoms with Crippen LogP contribution in [0.2, 0.25) is 0 Å². The molecule has 1 aromatic rings. The summed E-state index contributed by atoms with van der Waals surface area (Å²) in [5.74, 6) is 2.85. The van der Waals surface area contributed by atoms with E-state index in [0.29, 0.717) is 42.1 Å². The Balaban J connectivity index is 1.21. The van der Waals surface area contributed by atoms with Gasteiger partial charge in [-0.25, -0.2) is 17.9 Å². The zero-order chi connectivity index (χ0) is 31.3. The predicted molar refractivity (Wildman–Crippen MR) is 170 cm³/mol. The molecule has 4 aliphatic rings. The number of aliphatic hydroxyl groups excluding tert-OH is 2. The molecule has 0 bridgehead atoms. The van der Waals surface area contributed by atoms with Crippen molar-refractivity contribution < 1.29 is 23.4 Å². The van der Waals surface area contributed by atoms with Crippen molar-refractivity contribution in [3.8, 4) is 0 Å². The molecule has 0 aliphatic heterocycles. The molecular formula is C34H55N3O5S. The molecule has 4 N–H and O–H groups in total. The van der Waals surface area contributed by atoms with Crippen LogP contribution in [0.25, 0.3) is 0 Å². The SMILES string of the molecule is CC[C@H]1[C@@H](O)C2[C@@H]3CC[C@H]([C@H](C)CCNC(=O)NS(=O)(=O)c4cccc(N(C)C)c4)C3(C)CC[C@@H]2C2(C)CC[C@@H](O)C[C@@H]12. The van der Waals surface area contributed by atoms with E-state index in [2.05, 4.69) is 37.7 Å². The van der Waals surface area contributed by atoms with E-state index in [-0.39, 0.29) is 33.9 Å². The zero-order valence-electron chi connectivity index (χ0n) is 27.1. The van der Waals surface area contributed by atoms with Crippen molar-refractivity contribution in [2.45, 2.75) is 103 Å². The van der Waals surface area contributed by atoms with Crippen LogP contribution in [0.4, 0.5) is 10.5 Å². The van der Waals surface area contributed by atoms with Gasteiger partial charge in [0.15, 0.2) is 0 Å². The molecule has 0 heterocycles. The van der Waals surface area contributed by atoms with Crippen molar-refractivity contribution in [2.24, 2.45) is 52.3 Å².